The van der Waals surface area contributed by atoms with Crippen LogP contribution in [0, 0.1) is 5.82 Å². The number of sulfonamides is 1. The second kappa shape index (κ2) is 7.67. The van der Waals surface area contributed by atoms with E-state index in [9.17, 15) is 12.8 Å². The normalized spacial score (nSPS) is 18.8. The van der Waals surface area contributed by atoms with Gasteiger partial charge in [0, 0.05) is 6.54 Å². The number of piperidine rings is 1. The molecule has 0 radical (unpaired) electrons. The number of benzene rings is 1. The second-order valence-corrected chi connectivity index (χ2v) is 8.59. The molecule has 1 atom stereocenters. The highest BCUT2D eigenvalue weighted by Crippen LogP contribution is 2.24. The lowest BCUT2D eigenvalue weighted by atomic mass is 10.0. The van der Waals surface area contributed by atoms with Crippen molar-refractivity contribution in [2.24, 2.45) is 0 Å². The predicted molar refractivity (Wildman–Crippen MR) is 94.9 cm³/mol. The standard InChI is InChI=1S/C18H22FN3O3S/c1-13(2)14-5-7-17(8-6-14)26(23,24)22-9-3-4-16(12-22)25-18-20-10-15(19)11-21-18/h5-8,10-11,13,16H,3-4,9,12H2,1-2H3. The summed E-state index contributed by atoms with van der Waals surface area (Å²) in [7, 11) is -3.58. The summed E-state index contributed by atoms with van der Waals surface area (Å²) in [5, 5.41) is 0. The van der Waals surface area contributed by atoms with Crippen molar-refractivity contribution in [1.29, 1.82) is 0 Å². The van der Waals surface area contributed by atoms with Crippen molar-refractivity contribution < 1.29 is 17.5 Å². The molecule has 6 nitrogen and oxygen atoms in total. The van der Waals surface area contributed by atoms with Gasteiger partial charge >= 0.3 is 6.01 Å². The van der Waals surface area contributed by atoms with Crippen LogP contribution in [0.3, 0.4) is 0 Å². The molecule has 1 aliphatic rings. The molecule has 1 aromatic heterocycles. The molecule has 0 bridgehead atoms. The molecule has 1 fully saturated rings. The fourth-order valence-electron chi connectivity index (χ4n) is 2.90. The number of hydrogen-bond donors (Lipinski definition) is 0. The molecule has 140 valence electrons. The van der Waals surface area contributed by atoms with Crippen LogP contribution in [-0.2, 0) is 10.0 Å². The van der Waals surface area contributed by atoms with Gasteiger partial charge in [0.15, 0.2) is 5.82 Å². The lowest BCUT2D eigenvalue weighted by Gasteiger charge is -2.31. The van der Waals surface area contributed by atoms with Gasteiger partial charge in [-0.1, -0.05) is 26.0 Å². The van der Waals surface area contributed by atoms with Crippen LogP contribution in [0.15, 0.2) is 41.6 Å². The van der Waals surface area contributed by atoms with Gasteiger partial charge in [0.2, 0.25) is 10.0 Å². The minimum absolute atomic E-state index is 0.0527. The molecule has 0 aliphatic carbocycles. The van der Waals surface area contributed by atoms with Gasteiger partial charge in [-0.3, -0.25) is 0 Å². The molecule has 26 heavy (non-hydrogen) atoms. The van der Waals surface area contributed by atoms with Gasteiger partial charge in [-0.25, -0.2) is 22.8 Å². The number of ether oxygens (including phenoxy) is 1. The maximum absolute atomic E-state index is 12.9. The number of aromatic nitrogens is 2. The van der Waals surface area contributed by atoms with Crippen molar-refractivity contribution in [3.05, 3.63) is 48.0 Å². The van der Waals surface area contributed by atoms with Crippen LogP contribution in [0.4, 0.5) is 4.39 Å². The minimum atomic E-state index is -3.58. The Bertz CT molecular complexity index is 839. The van der Waals surface area contributed by atoms with Crippen LogP contribution in [0.1, 0.15) is 38.2 Å². The summed E-state index contributed by atoms with van der Waals surface area (Å²) >= 11 is 0. The summed E-state index contributed by atoms with van der Waals surface area (Å²) in [4.78, 5) is 7.81. The average molecular weight is 379 g/mol. The SMILES string of the molecule is CC(C)c1ccc(S(=O)(=O)N2CCCC(Oc3ncc(F)cn3)C2)cc1. The minimum Gasteiger partial charge on any atom is -0.459 e. The third-order valence-electron chi connectivity index (χ3n) is 4.39. The summed E-state index contributed by atoms with van der Waals surface area (Å²) in [5.74, 6) is -0.203. The number of nitrogens with zero attached hydrogens (tertiary/aromatic N) is 3. The number of rotatable bonds is 5. The van der Waals surface area contributed by atoms with Crippen LogP contribution < -0.4 is 4.74 Å². The molecule has 0 amide bonds. The molecule has 3 rings (SSSR count). The van der Waals surface area contributed by atoms with Gasteiger partial charge in [0.1, 0.15) is 6.10 Å². The Morgan fingerprint density at radius 3 is 2.46 bits per heavy atom. The number of hydrogen-bond acceptors (Lipinski definition) is 5. The van der Waals surface area contributed by atoms with Crippen LogP contribution in [0.25, 0.3) is 0 Å². The summed E-state index contributed by atoms with van der Waals surface area (Å²) in [6.45, 7) is 4.79. The monoisotopic (exact) mass is 379 g/mol. The third-order valence-corrected chi connectivity index (χ3v) is 6.27. The Hall–Kier alpha value is -2.06. The molecule has 2 heterocycles. The van der Waals surface area contributed by atoms with Crippen molar-refractivity contribution in [2.75, 3.05) is 13.1 Å². The topological polar surface area (TPSA) is 72.4 Å². The predicted octanol–water partition coefficient (Wildman–Crippen LogP) is 2.97. The first-order valence-electron chi connectivity index (χ1n) is 8.60. The van der Waals surface area contributed by atoms with Crippen molar-refractivity contribution >= 4 is 10.0 Å². The Balaban J connectivity index is 1.72. The van der Waals surface area contributed by atoms with Crippen LogP contribution in [0.5, 0.6) is 6.01 Å². The molecule has 1 unspecified atom stereocenters. The molecule has 1 aliphatic heterocycles. The zero-order chi connectivity index (χ0) is 18.7. The van der Waals surface area contributed by atoms with Crippen molar-refractivity contribution in [3.8, 4) is 6.01 Å². The van der Waals surface area contributed by atoms with Crippen LogP contribution >= 0.6 is 0 Å². The second-order valence-electron chi connectivity index (χ2n) is 6.65. The highest BCUT2D eigenvalue weighted by atomic mass is 32.2. The lowest BCUT2D eigenvalue weighted by molar-refractivity contribution is 0.119. The van der Waals surface area contributed by atoms with Gasteiger partial charge in [-0.05, 0) is 36.5 Å². The van der Waals surface area contributed by atoms with E-state index in [-0.39, 0.29) is 23.6 Å². The number of halogens is 1. The molecule has 8 heteroatoms. The van der Waals surface area contributed by atoms with Crippen molar-refractivity contribution in [3.63, 3.8) is 0 Å². The van der Waals surface area contributed by atoms with E-state index in [1.54, 1.807) is 12.1 Å². The first-order valence-corrected chi connectivity index (χ1v) is 10.0. The smallest absolute Gasteiger partial charge is 0.316 e. The third kappa shape index (κ3) is 4.19. The Morgan fingerprint density at radius 2 is 1.85 bits per heavy atom. The van der Waals surface area contributed by atoms with Gasteiger partial charge in [0.25, 0.3) is 0 Å². The van der Waals surface area contributed by atoms with E-state index in [1.165, 1.54) is 4.31 Å². The highest BCUT2D eigenvalue weighted by molar-refractivity contribution is 7.89. The first kappa shape index (κ1) is 18.7. The van der Waals surface area contributed by atoms with Gasteiger partial charge in [-0.15, -0.1) is 0 Å². The quantitative estimate of drug-likeness (QED) is 0.799. The zero-order valence-corrected chi connectivity index (χ0v) is 15.6. The molecule has 1 aromatic carbocycles. The largest absolute Gasteiger partial charge is 0.459 e. The fourth-order valence-corrected chi connectivity index (χ4v) is 4.41. The highest BCUT2D eigenvalue weighted by Gasteiger charge is 2.31. The molecule has 0 spiro atoms. The van der Waals surface area contributed by atoms with Gasteiger partial charge in [0.05, 0.1) is 23.8 Å². The van der Waals surface area contributed by atoms with Crippen LogP contribution in [0.2, 0.25) is 0 Å². The summed E-state index contributed by atoms with van der Waals surface area (Å²) < 4.78 is 45.7. The van der Waals surface area contributed by atoms with E-state index >= 15 is 0 Å². The Labute approximate surface area is 153 Å². The molecular weight excluding hydrogens is 357 g/mol. The molecular formula is C18H22FN3O3S. The van der Waals surface area contributed by atoms with E-state index in [2.05, 4.69) is 23.8 Å². The van der Waals surface area contributed by atoms with E-state index in [0.717, 1.165) is 18.0 Å². The molecule has 0 saturated carbocycles. The van der Waals surface area contributed by atoms with Crippen LogP contribution in [-0.4, -0.2) is 41.9 Å². The van der Waals surface area contributed by atoms with Crippen molar-refractivity contribution in [1.82, 2.24) is 14.3 Å². The molecule has 0 N–H and O–H groups in total. The molecule has 1 saturated heterocycles. The Kier molecular flexibility index (Phi) is 5.52. The summed E-state index contributed by atoms with van der Waals surface area (Å²) in [6.07, 6.45) is 3.05. The van der Waals surface area contributed by atoms with E-state index in [4.69, 9.17) is 4.74 Å². The van der Waals surface area contributed by atoms with Gasteiger partial charge in [-0.2, -0.15) is 4.31 Å². The maximum atomic E-state index is 12.9. The van der Waals surface area contributed by atoms with E-state index in [0.29, 0.717) is 25.3 Å². The fraction of sp³-hybridized carbons (Fsp3) is 0.444. The van der Waals surface area contributed by atoms with E-state index in [1.807, 2.05) is 12.1 Å². The molecule has 2 aromatic rings. The lowest BCUT2D eigenvalue weighted by Crippen LogP contribution is -2.44. The zero-order valence-electron chi connectivity index (χ0n) is 14.8. The first-order chi connectivity index (χ1) is 12.4. The van der Waals surface area contributed by atoms with Gasteiger partial charge < -0.3 is 4.74 Å². The summed E-state index contributed by atoms with van der Waals surface area (Å²) in [6, 6.07) is 7.05. The van der Waals surface area contributed by atoms with E-state index < -0.39 is 15.8 Å². The Morgan fingerprint density at radius 1 is 1.19 bits per heavy atom. The summed E-state index contributed by atoms with van der Waals surface area (Å²) in [5.41, 5.74) is 1.09. The average Bonchev–Trinajstić information content (AvgIpc) is 2.64. The van der Waals surface area contributed by atoms with Crippen molar-refractivity contribution in [2.45, 2.75) is 43.6 Å². The maximum Gasteiger partial charge on any atom is 0.316 e.